The quantitative estimate of drug-likeness (QED) is 0.504. The number of amides is 1. The molecule has 0 saturated carbocycles. The van der Waals surface area contributed by atoms with Gasteiger partial charge in [-0.2, -0.15) is 0 Å². The van der Waals surface area contributed by atoms with Gasteiger partial charge in [0, 0.05) is 13.6 Å². The van der Waals surface area contributed by atoms with E-state index in [1.54, 1.807) is 16.2 Å². The van der Waals surface area contributed by atoms with Crippen LogP contribution in [-0.4, -0.2) is 38.2 Å². The summed E-state index contributed by atoms with van der Waals surface area (Å²) < 4.78 is 3.19. The van der Waals surface area contributed by atoms with Crippen molar-refractivity contribution in [3.05, 3.63) is 60.2 Å². The molecule has 4 rings (SSSR count). The van der Waals surface area contributed by atoms with Gasteiger partial charge in [0.1, 0.15) is 0 Å². The third kappa shape index (κ3) is 3.25. The second kappa shape index (κ2) is 6.85. The Balaban J connectivity index is 1.47. The highest BCUT2D eigenvalue weighted by Crippen LogP contribution is 2.29. The van der Waals surface area contributed by atoms with Gasteiger partial charge in [0.2, 0.25) is 10.9 Å². The first kappa shape index (κ1) is 16.1. The third-order valence-corrected chi connectivity index (χ3v) is 5.85. The van der Waals surface area contributed by atoms with Crippen molar-refractivity contribution in [1.29, 1.82) is 0 Å². The van der Waals surface area contributed by atoms with Crippen molar-refractivity contribution in [3.8, 4) is 0 Å². The Morgan fingerprint density at radius 3 is 2.72 bits per heavy atom. The molecule has 7 heteroatoms. The van der Waals surface area contributed by atoms with E-state index in [4.69, 9.17) is 0 Å². The number of hydrogen-bond donors (Lipinski definition) is 0. The second-order valence-electron chi connectivity index (χ2n) is 5.69. The lowest BCUT2D eigenvalue weighted by Gasteiger charge is -2.16. The van der Waals surface area contributed by atoms with E-state index in [1.165, 1.54) is 16.5 Å². The van der Waals surface area contributed by atoms with E-state index in [1.807, 2.05) is 53.9 Å². The fourth-order valence-corrected chi connectivity index (χ4v) is 4.54. The minimum Gasteiger partial charge on any atom is -0.341 e. The van der Waals surface area contributed by atoms with E-state index in [0.717, 1.165) is 21.2 Å². The number of para-hydroxylation sites is 1. The summed E-state index contributed by atoms with van der Waals surface area (Å²) in [6, 6.07) is 18.1. The number of hydrogen-bond acceptors (Lipinski definition) is 5. The molecule has 0 fully saturated rings. The Bertz CT molecular complexity index is 1030. The zero-order valence-electron chi connectivity index (χ0n) is 13.6. The summed E-state index contributed by atoms with van der Waals surface area (Å²) in [6.45, 7) is 0.608. The molecule has 2 aromatic carbocycles. The summed E-state index contributed by atoms with van der Waals surface area (Å²) in [5.41, 5.74) is 2.21. The van der Waals surface area contributed by atoms with Crippen molar-refractivity contribution < 1.29 is 4.79 Å². The van der Waals surface area contributed by atoms with E-state index in [0.29, 0.717) is 12.3 Å². The highest BCUT2D eigenvalue weighted by atomic mass is 32.2. The molecule has 0 unspecified atom stereocenters. The van der Waals surface area contributed by atoms with Crippen LogP contribution in [0.4, 0.5) is 0 Å². The topological polar surface area (TPSA) is 50.5 Å². The van der Waals surface area contributed by atoms with Gasteiger partial charge >= 0.3 is 0 Å². The Morgan fingerprint density at radius 2 is 1.88 bits per heavy atom. The molecule has 2 aromatic heterocycles. The summed E-state index contributed by atoms with van der Waals surface area (Å²) in [6.07, 6.45) is 0. The summed E-state index contributed by atoms with van der Waals surface area (Å²) in [4.78, 5) is 15.0. The lowest BCUT2D eigenvalue weighted by Crippen LogP contribution is -2.27. The summed E-state index contributed by atoms with van der Waals surface area (Å²) >= 11 is 3.03. The average molecular weight is 368 g/mol. The predicted octanol–water partition coefficient (Wildman–Crippen LogP) is 3.69. The molecule has 4 aromatic rings. The Labute approximate surface area is 153 Å². The van der Waals surface area contributed by atoms with Gasteiger partial charge in [-0.1, -0.05) is 65.6 Å². The van der Waals surface area contributed by atoms with Crippen LogP contribution in [0.1, 0.15) is 5.56 Å². The molecule has 0 aliphatic heterocycles. The van der Waals surface area contributed by atoms with Gasteiger partial charge in [-0.25, -0.2) is 0 Å². The highest BCUT2D eigenvalue weighted by molar-refractivity contribution is 7.99. The fourth-order valence-electron chi connectivity index (χ4n) is 2.63. The molecular weight excluding hydrogens is 352 g/mol. The Hall–Kier alpha value is -2.38. The monoisotopic (exact) mass is 368 g/mol. The van der Waals surface area contributed by atoms with Gasteiger partial charge in [-0.3, -0.25) is 9.20 Å². The van der Waals surface area contributed by atoms with E-state index in [9.17, 15) is 4.79 Å². The van der Waals surface area contributed by atoms with Crippen LogP contribution >= 0.6 is 23.1 Å². The number of nitrogens with zero attached hydrogens (tertiary/aromatic N) is 4. The van der Waals surface area contributed by atoms with Gasteiger partial charge in [0.15, 0.2) is 5.16 Å². The van der Waals surface area contributed by atoms with Crippen LogP contribution in [0, 0.1) is 0 Å². The van der Waals surface area contributed by atoms with E-state index in [-0.39, 0.29) is 5.91 Å². The van der Waals surface area contributed by atoms with Gasteiger partial charge < -0.3 is 4.90 Å². The smallest absolute Gasteiger partial charge is 0.233 e. The van der Waals surface area contributed by atoms with Crippen molar-refractivity contribution in [2.75, 3.05) is 12.8 Å². The lowest BCUT2D eigenvalue weighted by molar-refractivity contribution is -0.127. The largest absolute Gasteiger partial charge is 0.341 e. The Kier molecular flexibility index (Phi) is 4.42. The summed E-state index contributed by atoms with van der Waals surface area (Å²) in [5, 5.41) is 9.23. The average Bonchev–Trinajstić information content (AvgIpc) is 3.19. The summed E-state index contributed by atoms with van der Waals surface area (Å²) in [5.74, 6) is 0.416. The predicted molar refractivity (Wildman–Crippen MR) is 102 cm³/mol. The number of fused-ring (bicyclic) bond motifs is 3. The molecule has 0 N–H and O–H groups in total. The maximum absolute atomic E-state index is 12.4. The maximum Gasteiger partial charge on any atom is 0.233 e. The molecule has 1 amide bonds. The van der Waals surface area contributed by atoms with Crippen molar-refractivity contribution in [3.63, 3.8) is 0 Å². The number of carbonyl (C=O) groups excluding carboxylic acids is 1. The first-order valence-electron chi connectivity index (χ1n) is 7.86. The summed E-state index contributed by atoms with van der Waals surface area (Å²) in [7, 11) is 1.83. The first-order chi connectivity index (χ1) is 12.2. The molecule has 5 nitrogen and oxygen atoms in total. The zero-order chi connectivity index (χ0) is 17.2. The normalized spacial score (nSPS) is 11.2. The van der Waals surface area contributed by atoms with Gasteiger partial charge in [-0.05, 0) is 17.7 Å². The molecular formula is C18H16N4OS2. The number of carbonyl (C=O) groups is 1. The lowest BCUT2D eigenvalue weighted by atomic mass is 10.2. The number of benzene rings is 2. The minimum absolute atomic E-state index is 0.0742. The Morgan fingerprint density at radius 1 is 1.12 bits per heavy atom. The van der Waals surface area contributed by atoms with Crippen LogP contribution in [0.25, 0.3) is 15.2 Å². The molecule has 0 radical (unpaired) electrons. The molecule has 0 aliphatic carbocycles. The van der Waals surface area contributed by atoms with Crippen molar-refractivity contribution >= 4 is 44.2 Å². The van der Waals surface area contributed by atoms with Crippen molar-refractivity contribution in [2.24, 2.45) is 0 Å². The molecule has 0 bridgehead atoms. The van der Waals surface area contributed by atoms with Crippen molar-refractivity contribution in [2.45, 2.75) is 11.7 Å². The number of thiazole rings is 1. The molecule has 0 atom stereocenters. The SMILES string of the molecule is CN(Cc1ccccc1)C(=O)CSc1nnc2sc3ccccc3n12. The maximum atomic E-state index is 12.4. The number of aromatic nitrogens is 3. The standard InChI is InChI=1S/C18H16N4OS2/c1-21(11-13-7-3-2-4-8-13)16(23)12-24-17-19-20-18-22(17)14-9-5-6-10-15(14)25-18/h2-10H,11-12H2,1H3. The minimum atomic E-state index is 0.0742. The van der Waals surface area contributed by atoms with Crippen molar-refractivity contribution in [1.82, 2.24) is 19.5 Å². The van der Waals surface area contributed by atoms with E-state index >= 15 is 0 Å². The van der Waals surface area contributed by atoms with Crippen LogP contribution < -0.4 is 0 Å². The molecule has 0 spiro atoms. The van der Waals surface area contributed by atoms with Crippen LogP contribution in [0.3, 0.4) is 0 Å². The van der Waals surface area contributed by atoms with Crippen LogP contribution in [0.15, 0.2) is 59.8 Å². The van der Waals surface area contributed by atoms with Crippen LogP contribution in [0.5, 0.6) is 0 Å². The zero-order valence-corrected chi connectivity index (χ0v) is 15.3. The van der Waals surface area contributed by atoms with E-state index < -0.39 is 0 Å². The van der Waals surface area contributed by atoms with E-state index in [2.05, 4.69) is 22.3 Å². The number of rotatable bonds is 5. The molecule has 126 valence electrons. The van der Waals surface area contributed by atoms with Crippen LogP contribution in [0.2, 0.25) is 0 Å². The first-order valence-corrected chi connectivity index (χ1v) is 9.66. The number of thioether (sulfide) groups is 1. The molecule has 0 saturated heterocycles. The van der Waals surface area contributed by atoms with Crippen LogP contribution in [-0.2, 0) is 11.3 Å². The van der Waals surface area contributed by atoms with Gasteiger partial charge in [0.25, 0.3) is 0 Å². The molecule has 2 heterocycles. The molecule has 0 aliphatic rings. The van der Waals surface area contributed by atoms with Gasteiger partial charge in [-0.15, -0.1) is 10.2 Å². The third-order valence-electron chi connectivity index (χ3n) is 3.92. The second-order valence-corrected chi connectivity index (χ2v) is 7.65. The van der Waals surface area contributed by atoms with Gasteiger partial charge in [0.05, 0.1) is 16.0 Å². The fraction of sp³-hybridized carbons (Fsp3) is 0.167. The molecule has 25 heavy (non-hydrogen) atoms. The highest BCUT2D eigenvalue weighted by Gasteiger charge is 2.15.